The molecule has 0 spiro atoms. The highest BCUT2D eigenvalue weighted by Gasteiger charge is 2.29. The zero-order valence-corrected chi connectivity index (χ0v) is 14.8. The predicted octanol–water partition coefficient (Wildman–Crippen LogP) is -2.04. The van der Waals surface area contributed by atoms with Crippen molar-refractivity contribution >= 4 is 29.7 Å². The van der Waals surface area contributed by atoms with Crippen molar-refractivity contribution in [3.63, 3.8) is 0 Å². The van der Waals surface area contributed by atoms with Gasteiger partial charge in [0.2, 0.25) is 17.7 Å². The number of hydrogen-bond donors (Lipinski definition) is 6. The molecule has 0 heterocycles. The Hall–Kier alpha value is -3.47. The second-order valence-corrected chi connectivity index (χ2v) is 6.03. The maximum Gasteiger partial charge on any atom is 0.326 e. The van der Waals surface area contributed by atoms with Gasteiger partial charge in [0.1, 0.15) is 12.1 Å². The van der Waals surface area contributed by atoms with Crippen LogP contribution in [0.2, 0.25) is 0 Å². The number of hydrogen-bond acceptors (Lipinski definition) is 6. The molecule has 0 aliphatic heterocycles. The molecule has 8 N–H and O–H groups in total. The van der Waals surface area contributed by atoms with Crippen molar-refractivity contribution in [2.24, 2.45) is 11.5 Å². The average molecular weight is 394 g/mol. The van der Waals surface area contributed by atoms with Crippen molar-refractivity contribution in [2.45, 2.75) is 37.4 Å². The minimum Gasteiger partial charge on any atom is -0.481 e. The molecule has 28 heavy (non-hydrogen) atoms. The van der Waals surface area contributed by atoms with Gasteiger partial charge in [0.15, 0.2) is 0 Å². The lowest BCUT2D eigenvalue weighted by Gasteiger charge is -2.22. The molecule has 1 aromatic rings. The zero-order valence-electron chi connectivity index (χ0n) is 14.8. The number of primary amides is 1. The third kappa shape index (κ3) is 7.83. The molecule has 152 valence electrons. The van der Waals surface area contributed by atoms with Crippen molar-refractivity contribution in [3.8, 4) is 0 Å². The van der Waals surface area contributed by atoms with E-state index in [1.807, 2.05) is 0 Å². The minimum absolute atomic E-state index is 0.0301. The van der Waals surface area contributed by atoms with Gasteiger partial charge < -0.3 is 32.3 Å². The van der Waals surface area contributed by atoms with E-state index in [1.54, 1.807) is 30.3 Å². The lowest BCUT2D eigenvalue weighted by Crippen LogP contribution is -2.56. The van der Waals surface area contributed by atoms with Crippen molar-refractivity contribution < 1.29 is 34.2 Å². The molecular weight excluding hydrogens is 372 g/mol. The van der Waals surface area contributed by atoms with Gasteiger partial charge in [0.25, 0.3) is 0 Å². The fraction of sp³-hybridized carbons (Fsp3) is 0.353. The Labute approximate surface area is 160 Å². The lowest BCUT2D eigenvalue weighted by atomic mass is 10.0. The molecule has 0 aliphatic carbocycles. The molecule has 3 amide bonds. The number of nitrogens with one attached hydrogen (secondary N) is 2. The first-order valence-corrected chi connectivity index (χ1v) is 8.23. The smallest absolute Gasteiger partial charge is 0.326 e. The highest BCUT2D eigenvalue weighted by Crippen LogP contribution is 2.05. The zero-order chi connectivity index (χ0) is 21.3. The van der Waals surface area contributed by atoms with Gasteiger partial charge in [0.05, 0.1) is 18.9 Å². The molecule has 1 aromatic carbocycles. The van der Waals surface area contributed by atoms with Crippen LogP contribution in [0.3, 0.4) is 0 Å². The Balaban J connectivity index is 2.86. The summed E-state index contributed by atoms with van der Waals surface area (Å²) in [6, 6.07) is 4.23. The minimum atomic E-state index is -1.50. The van der Waals surface area contributed by atoms with Crippen LogP contribution in [0.5, 0.6) is 0 Å². The summed E-state index contributed by atoms with van der Waals surface area (Å²) in [4.78, 5) is 57.6. The summed E-state index contributed by atoms with van der Waals surface area (Å²) in [6.07, 6.45) is -1.34. The van der Waals surface area contributed by atoms with Crippen LogP contribution in [0.25, 0.3) is 0 Å². The highest BCUT2D eigenvalue weighted by molar-refractivity contribution is 5.95. The summed E-state index contributed by atoms with van der Waals surface area (Å²) in [5.41, 5.74) is 11.1. The number of amides is 3. The molecule has 1 rings (SSSR count). The van der Waals surface area contributed by atoms with Crippen molar-refractivity contribution in [2.75, 3.05) is 0 Å². The normalized spacial score (nSPS) is 13.6. The molecule has 0 bridgehead atoms. The monoisotopic (exact) mass is 394 g/mol. The van der Waals surface area contributed by atoms with E-state index in [4.69, 9.17) is 16.6 Å². The first kappa shape index (κ1) is 22.6. The van der Waals surface area contributed by atoms with Gasteiger partial charge in [-0.25, -0.2) is 4.79 Å². The molecule has 0 aromatic heterocycles. The van der Waals surface area contributed by atoms with Crippen LogP contribution in [0.15, 0.2) is 30.3 Å². The van der Waals surface area contributed by atoms with Crippen molar-refractivity contribution in [3.05, 3.63) is 35.9 Å². The quantitative estimate of drug-likeness (QED) is 0.246. The first-order chi connectivity index (χ1) is 13.1. The van der Waals surface area contributed by atoms with Gasteiger partial charge in [-0.3, -0.25) is 19.2 Å². The second kappa shape index (κ2) is 10.6. The molecule has 0 aliphatic rings. The van der Waals surface area contributed by atoms with Gasteiger partial charge in [-0.2, -0.15) is 0 Å². The van der Waals surface area contributed by atoms with Gasteiger partial charge in [-0.15, -0.1) is 0 Å². The van der Waals surface area contributed by atoms with Crippen LogP contribution in [0, 0.1) is 0 Å². The largest absolute Gasteiger partial charge is 0.481 e. The fourth-order valence-corrected chi connectivity index (χ4v) is 2.29. The second-order valence-electron chi connectivity index (χ2n) is 6.03. The van der Waals surface area contributed by atoms with Gasteiger partial charge >= 0.3 is 11.9 Å². The van der Waals surface area contributed by atoms with E-state index < -0.39 is 60.6 Å². The third-order valence-corrected chi connectivity index (χ3v) is 3.67. The molecule has 0 saturated carbocycles. The Kier molecular flexibility index (Phi) is 8.56. The highest BCUT2D eigenvalue weighted by atomic mass is 16.4. The van der Waals surface area contributed by atoms with Crippen LogP contribution in [0.1, 0.15) is 18.4 Å². The van der Waals surface area contributed by atoms with Gasteiger partial charge in [0, 0.05) is 6.42 Å². The van der Waals surface area contributed by atoms with Crippen molar-refractivity contribution in [1.29, 1.82) is 0 Å². The SMILES string of the molecule is NC(=O)CC(NC(=O)C(N)CC(=O)O)C(=O)NC(Cc1ccccc1)C(=O)O. The Morgan fingerprint density at radius 2 is 1.46 bits per heavy atom. The van der Waals surface area contributed by atoms with E-state index in [0.29, 0.717) is 5.56 Å². The average Bonchev–Trinajstić information content (AvgIpc) is 2.60. The van der Waals surface area contributed by atoms with E-state index in [-0.39, 0.29) is 6.42 Å². The topological polar surface area (TPSA) is 202 Å². The van der Waals surface area contributed by atoms with Crippen molar-refractivity contribution in [1.82, 2.24) is 10.6 Å². The van der Waals surface area contributed by atoms with Crippen LogP contribution in [-0.4, -0.2) is 58.0 Å². The van der Waals surface area contributed by atoms with E-state index in [1.165, 1.54) is 0 Å². The number of carboxylic acid groups (broad SMARTS) is 2. The van der Waals surface area contributed by atoms with Crippen LogP contribution in [0.4, 0.5) is 0 Å². The molecule has 3 atom stereocenters. The summed E-state index contributed by atoms with van der Waals surface area (Å²) in [5.74, 6) is -5.52. The summed E-state index contributed by atoms with van der Waals surface area (Å²) >= 11 is 0. The van der Waals surface area contributed by atoms with Crippen LogP contribution in [-0.2, 0) is 30.4 Å². The van der Waals surface area contributed by atoms with Crippen LogP contribution < -0.4 is 22.1 Å². The number of carbonyl (C=O) groups excluding carboxylic acids is 3. The molecule has 11 heteroatoms. The molecule has 3 unspecified atom stereocenters. The Morgan fingerprint density at radius 1 is 0.893 bits per heavy atom. The predicted molar refractivity (Wildman–Crippen MR) is 95.7 cm³/mol. The Bertz CT molecular complexity index is 738. The number of rotatable bonds is 11. The number of carbonyl (C=O) groups is 5. The molecule has 11 nitrogen and oxygen atoms in total. The summed E-state index contributed by atoms with van der Waals surface area (Å²) in [6.45, 7) is 0. The summed E-state index contributed by atoms with van der Waals surface area (Å²) in [5, 5.41) is 22.4. The maximum atomic E-state index is 12.4. The number of carboxylic acids is 2. The Morgan fingerprint density at radius 3 is 1.96 bits per heavy atom. The summed E-state index contributed by atoms with van der Waals surface area (Å²) in [7, 11) is 0. The number of aliphatic carboxylic acids is 2. The third-order valence-electron chi connectivity index (χ3n) is 3.67. The molecular formula is C17H22N4O7. The standard InChI is InChI=1S/C17H22N4O7/c18-10(7-14(23)24)15(25)20-11(8-13(19)22)16(26)21-12(17(27)28)6-9-4-2-1-3-5-9/h1-5,10-12H,6-8,18H2,(H2,19,22)(H,20,25)(H,21,26)(H,23,24)(H,27,28). The molecule has 0 radical (unpaired) electrons. The fourth-order valence-electron chi connectivity index (χ4n) is 2.29. The van der Waals surface area contributed by atoms with Crippen LogP contribution >= 0.6 is 0 Å². The molecule has 0 saturated heterocycles. The number of nitrogens with two attached hydrogens (primary N) is 2. The van der Waals surface area contributed by atoms with E-state index >= 15 is 0 Å². The summed E-state index contributed by atoms with van der Waals surface area (Å²) < 4.78 is 0. The first-order valence-electron chi connectivity index (χ1n) is 8.23. The molecule has 0 fully saturated rings. The van der Waals surface area contributed by atoms with E-state index in [2.05, 4.69) is 10.6 Å². The van der Waals surface area contributed by atoms with Gasteiger partial charge in [-0.1, -0.05) is 30.3 Å². The van der Waals surface area contributed by atoms with E-state index in [0.717, 1.165) is 0 Å². The number of benzene rings is 1. The maximum absolute atomic E-state index is 12.4. The van der Waals surface area contributed by atoms with E-state index in [9.17, 15) is 29.1 Å². The lowest BCUT2D eigenvalue weighted by molar-refractivity contribution is -0.143. The van der Waals surface area contributed by atoms with Gasteiger partial charge in [-0.05, 0) is 5.56 Å².